The van der Waals surface area contributed by atoms with Gasteiger partial charge in [-0.15, -0.1) is 0 Å². The monoisotopic (exact) mass is 426 g/mol. The molecule has 4 aromatic rings. The van der Waals surface area contributed by atoms with Crippen molar-refractivity contribution >= 4 is 22.5 Å². The number of aromatic nitrogens is 2. The zero-order valence-corrected chi connectivity index (χ0v) is 17.9. The Balaban J connectivity index is 1.38. The molecule has 0 unspecified atom stereocenters. The van der Waals surface area contributed by atoms with Crippen molar-refractivity contribution in [1.29, 1.82) is 5.26 Å². The molecule has 32 heavy (non-hydrogen) atoms. The lowest BCUT2D eigenvalue weighted by Gasteiger charge is -2.35. The Bertz CT molecular complexity index is 1360. The van der Waals surface area contributed by atoms with Gasteiger partial charge < -0.3 is 9.80 Å². The maximum Gasteiger partial charge on any atom is 0.157 e. The van der Waals surface area contributed by atoms with Crippen molar-refractivity contribution in [2.45, 2.75) is 25.8 Å². The molecule has 0 bridgehead atoms. The molecule has 1 N–H and O–H groups in total. The second-order valence-corrected chi connectivity index (χ2v) is 8.92. The van der Waals surface area contributed by atoms with Gasteiger partial charge in [0.1, 0.15) is 24.2 Å². The Kier molecular flexibility index (Phi) is 4.58. The molecule has 2 aromatic heterocycles. The smallest absolute Gasteiger partial charge is 0.157 e. The average molecular weight is 427 g/mol. The van der Waals surface area contributed by atoms with E-state index in [1.807, 2.05) is 30.3 Å². The number of halogens is 1. The Morgan fingerprint density at radius 2 is 1.75 bits per heavy atom. The van der Waals surface area contributed by atoms with Crippen LogP contribution in [-0.2, 0) is 19.4 Å². The molecule has 0 atom stereocenters. The van der Waals surface area contributed by atoms with E-state index in [4.69, 9.17) is 4.98 Å². The minimum absolute atomic E-state index is 0.181. The minimum atomic E-state index is -0.181. The summed E-state index contributed by atoms with van der Waals surface area (Å²) >= 11 is 0. The van der Waals surface area contributed by atoms with Crippen LogP contribution in [0.2, 0.25) is 0 Å². The third-order valence-electron chi connectivity index (χ3n) is 7.03. The Morgan fingerprint density at radius 1 is 1.00 bits per heavy atom. The molecule has 6 rings (SSSR count). The molecule has 3 heterocycles. The maximum absolute atomic E-state index is 13.2. The van der Waals surface area contributed by atoms with Gasteiger partial charge in [0.2, 0.25) is 0 Å². The summed E-state index contributed by atoms with van der Waals surface area (Å²) < 4.78 is 15.5. The molecule has 0 amide bonds. The minimum Gasteiger partial charge on any atom is -0.346 e. The number of rotatable bonds is 3. The summed E-state index contributed by atoms with van der Waals surface area (Å²) in [6, 6.07) is 17.5. The van der Waals surface area contributed by atoms with E-state index in [-0.39, 0.29) is 5.82 Å². The predicted octanol–water partition coefficient (Wildman–Crippen LogP) is 2.89. The van der Waals surface area contributed by atoms with Crippen LogP contribution in [0.4, 0.5) is 10.2 Å². The zero-order valence-electron chi connectivity index (χ0n) is 17.9. The third kappa shape index (κ3) is 3.04. The van der Waals surface area contributed by atoms with E-state index < -0.39 is 0 Å². The van der Waals surface area contributed by atoms with Crippen LogP contribution in [0.3, 0.4) is 0 Å². The van der Waals surface area contributed by atoms with Crippen LogP contribution >= 0.6 is 0 Å². The summed E-state index contributed by atoms with van der Waals surface area (Å²) in [6.07, 6.45) is 3.07. The summed E-state index contributed by atoms with van der Waals surface area (Å²) in [5, 5.41) is 9.97. The fourth-order valence-corrected chi connectivity index (χ4v) is 5.50. The number of benzene rings is 2. The predicted molar refractivity (Wildman–Crippen MR) is 122 cm³/mol. The lowest BCUT2D eigenvalue weighted by Crippen LogP contribution is -3.13. The average Bonchev–Trinajstić information content (AvgIpc) is 3.45. The summed E-state index contributed by atoms with van der Waals surface area (Å²) in [5.41, 5.74) is 7.27. The number of anilines is 1. The number of quaternary nitrogens is 1. The van der Waals surface area contributed by atoms with Gasteiger partial charge in [0, 0.05) is 5.56 Å². The molecular formula is C26H25FN5+. The number of pyridine rings is 1. The first-order valence-corrected chi connectivity index (χ1v) is 11.4. The fraction of sp³-hybridized carbons (Fsp3) is 0.308. The number of nitrogens with zero attached hydrogens (tertiary/aromatic N) is 4. The zero-order chi connectivity index (χ0) is 21.7. The van der Waals surface area contributed by atoms with E-state index in [0.717, 1.165) is 74.2 Å². The maximum atomic E-state index is 13.2. The highest BCUT2D eigenvalue weighted by atomic mass is 19.1. The molecule has 0 spiro atoms. The number of para-hydroxylation sites is 2. The highest BCUT2D eigenvalue weighted by Crippen LogP contribution is 2.38. The molecule has 6 heteroatoms. The highest BCUT2D eigenvalue weighted by molar-refractivity contribution is 5.86. The largest absolute Gasteiger partial charge is 0.346 e. The van der Waals surface area contributed by atoms with E-state index in [2.05, 4.69) is 21.4 Å². The number of imidazole rings is 1. The Hall–Kier alpha value is -3.43. The van der Waals surface area contributed by atoms with E-state index in [1.165, 1.54) is 27.4 Å². The Morgan fingerprint density at radius 3 is 2.53 bits per heavy atom. The molecule has 1 aliphatic heterocycles. The van der Waals surface area contributed by atoms with Gasteiger partial charge >= 0.3 is 0 Å². The third-order valence-corrected chi connectivity index (χ3v) is 7.03. The molecule has 1 aliphatic carbocycles. The first kappa shape index (κ1) is 19.3. The summed E-state index contributed by atoms with van der Waals surface area (Å²) in [6.45, 7) is 4.89. The quantitative estimate of drug-likeness (QED) is 0.548. The first-order valence-electron chi connectivity index (χ1n) is 11.4. The van der Waals surface area contributed by atoms with E-state index in [9.17, 15) is 9.65 Å². The molecular weight excluding hydrogens is 401 g/mol. The first-order chi connectivity index (χ1) is 15.7. The van der Waals surface area contributed by atoms with Crippen LogP contribution in [0.1, 0.15) is 28.7 Å². The summed E-state index contributed by atoms with van der Waals surface area (Å²) in [7, 11) is 0. The van der Waals surface area contributed by atoms with Gasteiger partial charge in [-0.2, -0.15) is 5.26 Å². The van der Waals surface area contributed by atoms with Gasteiger partial charge in [0.25, 0.3) is 0 Å². The van der Waals surface area contributed by atoms with Crippen molar-refractivity contribution in [2.75, 3.05) is 31.1 Å². The van der Waals surface area contributed by atoms with Crippen molar-refractivity contribution in [3.63, 3.8) is 0 Å². The van der Waals surface area contributed by atoms with Crippen molar-refractivity contribution < 1.29 is 9.29 Å². The van der Waals surface area contributed by atoms with Crippen LogP contribution in [0.15, 0.2) is 48.5 Å². The van der Waals surface area contributed by atoms with Gasteiger partial charge in [-0.3, -0.25) is 4.40 Å². The van der Waals surface area contributed by atoms with Crippen molar-refractivity contribution in [3.8, 4) is 6.07 Å². The van der Waals surface area contributed by atoms with Gasteiger partial charge in [0.05, 0.1) is 42.8 Å². The number of hydrogen-bond donors (Lipinski definition) is 1. The standard InChI is InChI=1S/C26H24FN5/c27-19-10-8-18(9-11-19)17-30-12-14-31(15-13-30)26-21-5-3-4-20(21)22(16-28)25-29-23-6-1-2-7-24(23)32(25)26/h1-2,6-11H,3-5,12-15,17H2/p+1. The molecule has 1 saturated heterocycles. The molecule has 160 valence electrons. The summed E-state index contributed by atoms with van der Waals surface area (Å²) in [4.78, 5) is 8.89. The van der Waals surface area contributed by atoms with Crippen molar-refractivity contribution in [1.82, 2.24) is 9.38 Å². The highest BCUT2D eigenvalue weighted by Gasteiger charge is 2.30. The Labute approximate surface area is 186 Å². The number of hydrogen-bond acceptors (Lipinski definition) is 3. The van der Waals surface area contributed by atoms with Gasteiger partial charge in [-0.05, 0) is 54.7 Å². The van der Waals surface area contributed by atoms with Crippen LogP contribution in [0.25, 0.3) is 16.7 Å². The lowest BCUT2D eigenvalue weighted by molar-refractivity contribution is -0.914. The number of nitrogens with one attached hydrogen (secondary N) is 1. The number of nitriles is 1. The number of fused-ring (bicyclic) bond motifs is 4. The topological polar surface area (TPSA) is 48.8 Å². The van der Waals surface area contributed by atoms with Crippen LogP contribution in [0, 0.1) is 17.1 Å². The van der Waals surface area contributed by atoms with Gasteiger partial charge in [-0.1, -0.05) is 24.3 Å². The van der Waals surface area contributed by atoms with Gasteiger partial charge in [0.15, 0.2) is 5.65 Å². The van der Waals surface area contributed by atoms with Crippen molar-refractivity contribution in [3.05, 3.63) is 76.6 Å². The van der Waals surface area contributed by atoms with E-state index >= 15 is 0 Å². The molecule has 0 radical (unpaired) electrons. The summed E-state index contributed by atoms with van der Waals surface area (Å²) in [5.74, 6) is 1.06. The fourth-order valence-electron chi connectivity index (χ4n) is 5.50. The second-order valence-electron chi connectivity index (χ2n) is 8.92. The normalized spacial score (nSPS) is 16.6. The molecule has 2 aliphatic rings. The second kappa shape index (κ2) is 7.61. The van der Waals surface area contributed by atoms with Crippen molar-refractivity contribution in [2.24, 2.45) is 0 Å². The molecule has 0 saturated carbocycles. The van der Waals surface area contributed by atoms with Gasteiger partial charge in [-0.25, -0.2) is 9.37 Å². The van der Waals surface area contributed by atoms with E-state index in [0.29, 0.717) is 0 Å². The number of piperazine rings is 1. The van der Waals surface area contributed by atoms with Crippen LogP contribution in [0.5, 0.6) is 0 Å². The lowest BCUT2D eigenvalue weighted by atomic mass is 10.0. The molecule has 2 aromatic carbocycles. The van der Waals surface area contributed by atoms with Crippen LogP contribution in [-0.4, -0.2) is 35.6 Å². The van der Waals surface area contributed by atoms with Crippen LogP contribution < -0.4 is 9.80 Å². The van der Waals surface area contributed by atoms with E-state index in [1.54, 1.807) is 12.1 Å². The molecule has 1 fully saturated rings. The molecule has 5 nitrogen and oxygen atoms in total. The SMILES string of the molecule is N#Cc1c2c(c(N3CC[NH+](Cc4ccc(F)cc4)CC3)n3c1nc1ccccc13)CCC2.